The fourth-order valence-corrected chi connectivity index (χ4v) is 4.02. The second-order valence-electron chi connectivity index (χ2n) is 7.73. The molecule has 2 saturated heterocycles. The highest BCUT2D eigenvalue weighted by Gasteiger charge is 2.25. The zero-order valence-corrected chi connectivity index (χ0v) is 17.1. The molecule has 2 aliphatic rings. The number of carbonyl (C=O) groups is 1. The van der Waals surface area contributed by atoms with Crippen molar-refractivity contribution in [1.82, 2.24) is 4.90 Å². The number of hydrogen-bond acceptors (Lipinski definition) is 6. The van der Waals surface area contributed by atoms with Gasteiger partial charge in [0.15, 0.2) is 0 Å². The Morgan fingerprint density at radius 3 is 2.65 bits per heavy atom. The molecule has 2 aliphatic heterocycles. The minimum absolute atomic E-state index is 0.0233. The fourth-order valence-electron chi connectivity index (χ4n) is 4.02. The van der Waals surface area contributed by atoms with Crippen molar-refractivity contribution in [2.45, 2.75) is 18.9 Å². The molecule has 0 unspecified atom stereocenters. The third kappa shape index (κ3) is 4.77. The number of carbonyl (C=O) groups excluding carboxylic acids is 1. The van der Waals surface area contributed by atoms with Crippen LogP contribution in [0.5, 0.6) is 0 Å². The summed E-state index contributed by atoms with van der Waals surface area (Å²) in [6, 6.07) is 11.0. The Morgan fingerprint density at radius 1 is 1.19 bits per heavy atom. The zero-order valence-electron chi connectivity index (χ0n) is 17.1. The van der Waals surface area contributed by atoms with Crippen LogP contribution in [-0.2, 0) is 4.74 Å². The smallest absolute Gasteiger partial charge is 0.292 e. The van der Waals surface area contributed by atoms with E-state index in [1.54, 1.807) is 29.2 Å². The fraction of sp³-hybridized carbons (Fsp3) is 0.409. The van der Waals surface area contributed by atoms with Crippen LogP contribution in [0, 0.1) is 15.9 Å². The van der Waals surface area contributed by atoms with E-state index in [4.69, 9.17) is 4.74 Å². The third-order valence-corrected chi connectivity index (χ3v) is 5.76. The summed E-state index contributed by atoms with van der Waals surface area (Å²) in [5, 5.41) is 14.6. The van der Waals surface area contributed by atoms with Gasteiger partial charge in [-0.3, -0.25) is 14.9 Å². The van der Waals surface area contributed by atoms with Crippen molar-refractivity contribution in [3.05, 3.63) is 64.0 Å². The summed E-state index contributed by atoms with van der Waals surface area (Å²) in [7, 11) is 0. The monoisotopic (exact) mass is 428 g/mol. The first-order chi connectivity index (χ1) is 15.0. The van der Waals surface area contributed by atoms with Gasteiger partial charge in [-0.2, -0.15) is 0 Å². The number of anilines is 2. The van der Waals surface area contributed by atoms with Crippen LogP contribution in [0.25, 0.3) is 0 Å². The first-order valence-electron chi connectivity index (χ1n) is 10.5. The van der Waals surface area contributed by atoms with Crippen LogP contribution in [0.15, 0.2) is 42.5 Å². The van der Waals surface area contributed by atoms with Gasteiger partial charge in [0.1, 0.15) is 11.5 Å². The minimum atomic E-state index is -0.521. The molecule has 1 N–H and O–H groups in total. The summed E-state index contributed by atoms with van der Waals surface area (Å²) in [6.45, 7) is 3.26. The first-order valence-corrected chi connectivity index (χ1v) is 10.5. The molecule has 0 spiro atoms. The van der Waals surface area contributed by atoms with E-state index in [0.29, 0.717) is 38.4 Å². The van der Waals surface area contributed by atoms with Crippen molar-refractivity contribution in [1.29, 1.82) is 0 Å². The second-order valence-corrected chi connectivity index (χ2v) is 7.73. The van der Waals surface area contributed by atoms with Gasteiger partial charge in [0, 0.05) is 51.1 Å². The van der Waals surface area contributed by atoms with Gasteiger partial charge in [-0.15, -0.1) is 0 Å². The Bertz CT molecular complexity index is 956. The van der Waals surface area contributed by atoms with E-state index in [9.17, 15) is 19.3 Å². The predicted octanol–water partition coefficient (Wildman–Crippen LogP) is 3.29. The van der Waals surface area contributed by atoms with Gasteiger partial charge >= 0.3 is 0 Å². The molecule has 0 saturated carbocycles. The van der Waals surface area contributed by atoms with Crippen molar-refractivity contribution in [2.24, 2.45) is 0 Å². The number of rotatable bonds is 6. The lowest BCUT2D eigenvalue weighted by Crippen LogP contribution is -2.49. The molecule has 0 radical (unpaired) electrons. The SMILES string of the molecule is O=C(c1ccccc1F)N1CCN(c2ccc([N+](=O)[O-])c(NC[C@H]3CCCO3)c2)CC1. The van der Waals surface area contributed by atoms with Crippen LogP contribution in [0.2, 0.25) is 0 Å². The molecule has 4 rings (SSSR count). The van der Waals surface area contributed by atoms with Crippen LogP contribution < -0.4 is 10.2 Å². The van der Waals surface area contributed by atoms with Crippen molar-refractivity contribution in [3.8, 4) is 0 Å². The van der Waals surface area contributed by atoms with E-state index in [1.165, 1.54) is 18.2 Å². The molecule has 2 fully saturated rings. The average Bonchev–Trinajstić information content (AvgIpc) is 3.31. The van der Waals surface area contributed by atoms with E-state index in [1.807, 2.05) is 0 Å². The molecule has 0 aliphatic carbocycles. The molecule has 1 amide bonds. The van der Waals surface area contributed by atoms with Crippen molar-refractivity contribution in [2.75, 3.05) is 49.5 Å². The van der Waals surface area contributed by atoms with Crippen LogP contribution in [-0.4, -0.2) is 61.2 Å². The molecule has 0 bridgehead atoms. The molecule has 0 aromatic heterocycles. The topological polar surface area (TPSA) is 88.0 Å². The maximum absolute atomic E-state index is 13.9. The molecule has 1 atom stereocenters. The Morgan fingerprint density at radius 2 is 1.97 bits per heavy atom. The van der Waals surface area contributed by atoms with Gasteiger partial charge < -0.3 is 19.9 Å². The summed E-state index contributed by atoms with van der Waals surface area (Å²) in [6.07, 6.45) is 2.01. The van der Waals surface area contributed by atoms with Crippen molar-refractivity contribution >= 4 is 23.0 Å². The number of nitro benzene ring substituents is 1. The number of nitrogens with zero attached hydrogens (tertiary/aromatic N) is 3. The maximum atomic E-state index is 13.9. The van der Waals surface area contributed by atoms with Gasteiger partial charge in [-0.1, -0.05) is 12.1 Å². The Hall–Kier alpha value is -3.20. The molecule has 2 aromatic carbocycles. The van der Waals surface area contributed by atoms with E-state index in [2.05, 4.69) is 10.2 Å². The van der Waals surface area contributed by atoms with Gasteiger partial charge in [-0.25, -0.2) is 4.39 Å². The minimum Gasteiger partial charge on any atom is -0.377 e. The van der Waals surface area contributed by atoms with Gasteiger partial charge in [0.05, 0.1) is 16.6 Å². The average molecular weight is 428 g/mol. The van der Waals surface area contributed by atoms with Crippen molar-refractivity contribution in [3.63, 3.8) is 0 Å². The van der Waals surface area contributed by atoms with E-state index < -0.39 is 10.7 Å². The van der Waals surface area contributed by atoms with Crippen LogP contribution >= 0.6 is 0 Å². The highest BCUT2D eigenvalue weighted by molar-refractivity contribution is 5.94. The Kier molecular flexibility index (Phi) is 6.31. The molecule has 2 heterocycles. The summed E-state index contributed by atoms with van der Waals surface area (Å²) < 4.78 is 19.5. The normalized spacial score (nSPS) is 18.8. The van der Waals surface area contributed by atoms with Crippen molar-refractivity contribution < 1.29 is 18.8 Å². The number of halogens is 1. The summed E-state index contributed by atoms with van der Waals surface area (Å²) in [4.78, 5) is 27.4. The number of hydrogen-bond donors (Lipinski definition) is 1. The van der Waals surface area contributed by atoms with Gasteiger partial charge in [-0.05, 0) is 37.1 Å². The second kappa shape index (κ2) is 9.30. The van der Waals surface area contributed by atoms with E-state index >= 15 is 0 Å². The predicted molar refractivity (Wildman–Crippen MR) is 115 cm³/mol. The lowest BCUT2D eigenvalue weighted by molar-refractivity contribution is -0.383. The molecule has 9 heteroatoms. The van der Waals surface area contributed by atoms with Crippen LogP contribution in [0.1, 0.15) is 23.2 Å². The Balaban J connectivity index is 1.42. The largest absolute Gasteiger partial charge is 0.377 e. The maximum Gasteiger partial charge on any atom is 0.292 e. The van der Waals surface area contributed by atoms with Crippen LogP contribution in [0.3, 0.4) is 0 Å². The molecule has 31 heavy (non-hydrogen) atoms. The van der Waals surface area contributed by atoms with E-state index in [0.717, 1.165) is 25.1 Å². The molecule has 8 nitrogen and oxygen atoms in total. The zero-order chi connectivity index (χ0) is 21.8. The van der Waals surface area contributed by atoms with Gasteiger partial charge in [0.25, 0.3) is 11.6 Å². The summed E-state index contributed by atoms with van der Waals surface area (Å²) in [5.74, 6) is -0.840. The van der Waals surface area contributed by atoms with E-state index in [-0.39, 0.29) is 23.3 Å². The molecule has 164 valence electrons. The van der Waals surface area contributed by atoms with Crippen LogP contribution in [0.4, 0.5) is 21.5 Å². The Labute approximate surface area is 179 Å². The number of nitro groups is 1. The number of amides is 1. The number of piperazine rings is 1. The highest BCUT2D eigenvalue weighted by Crippen LogP contribution is 2.31. The van der Waals surface area contributed by atoms with Gasteiger partial charge in [0.2, 0.25) is 0 Å². The first kappa shape index (κ1) is 21.0. The summed E-state index contributed by atoms with van der Waals surface area (Å²) >= 11 is 0. The summed E-state index contributed by atoms with van der Waals surface area (Å²) in [5.41, 5.74) is 1.41. The number of benzene rings is 2. The third-order valence-electron chi connectivity index (χ3n) is 5.76. The number of nitrogens with one attached hydrogen (secondary N) is 1. The molecule has 2 aromatic rings. The lowest BCUT2D eigenvalue weighted by Gasteiger charge is -2.36. The highest BCUT2D eigenvalue weighted by atomic mass is 19.1. The quantitative estimate of drug-likeness (QED) is 0.561. The number of ether oxygens (including phenoxy) is 1. The lowest BCUT2D eigenvalue weighted by atomic mass is 10.1. The molecular weight excluding hydrogens is 403 g/mol. The molecular formula is C22H25FN4O4. The standard InChI is InChI=1S/C22H25FN4O4/c23-19-6-2-1-5-18(19)22(28)26-11-9-25(10-12-26)16-7-8-21(27(29)30)20(14-16)24-15-17-4-3-13-31-17/h1-2,5-8,14,17,24H,3-4,9-13,15H2/t17-/m1/s1.